The predicted octanol–water partition coefficient (Wildman–Crippen LogP) is 4.93. The maximum absolute atomic E-state index is 13.1. The van der Waals surface area contributed by atoms with Gasteiger partial charge < -0.3 is 31.5 Å². The quantitative estimate of drug-likeness (QED) is 0.204. The second-order valence-corrected chi connectivity index (χ2v) is 13.7. The van der Waals surface area contributed by atoms with Gasteiger partial charge in [0.2, 0.25) is 0 Å². The molecular weight excluding hydrogens is 758 g/mol. The van der Waals surface area contributed by atoms with Crippen molar-refractivity contribution in [3.8, 4) is 6.07 Å². The predicted molar refractivity (Wildman–Crippen MR) is 192 cm³/mol. The number of carbonyl (C=O) groups is 3. The number of hydrogen-bond donors (Lipinski definition) is 2. The number of carboxylic acid groups (broad SMARTS) is 1. The molecule has 1 heterocycles. The maximum Gasteiger partial charge on any atom is 1.00 e. The standard InChI is InChI=1S/C18H23ClO4.C16H18ClNO.C2H4O2.CN.BrH.Na/c1-3-17(12-20)8-9-18(16(17)22,11-15(21)23-2)10-13-4-6-14(19)7-5-13;1-2-15-8-7-13(16(15,10-18)19-11-15)9-12-3-5-14(17)6-4-12;1-2(3)4;1-2;;/h4-7,20H,3,8-12H2,1-2H3;3-6,13H,2,7-9,11H2,1H3;1H3,(H,3,4);;1H;/q;;;-1;;+1/t;13?,15-,16-;;;;/m.0..../s1. The average Bonchev–Trinajstić information content (AvgIpc) is 3.46. The molecule has 268 valence electrons. The fraction of sp³-hybridized carbons (Fsp3) is 0.541. The normalized spacial score (nSPS) is 26.9. The molecule has 2 saturated carbocycles. The van der Waals surface area contributed by atoms with Crippen molar-refractivity contribution in [1.29, 1.82) is 10.5 Å². The fourth-order valence-electron chi connectivity index (χ4n) is 7.44. The molecule has 5 atom stereocenters. The molecule has 13 heteroatoms. The molecule has 2 aromatic rings. The summed E-state index contributed by atoms with van der Waals surface area (Å²) in [5.74, 6) is -0.931. The van der Waals surface area contributed by atoms with Crippen LogP contribution in [-0.4, -0.2) is 53.9 Å². The number of hydrogen-bond acceptors (Lipinski definition) is 8. The number of aliphatic hydroxyl groups is 1. The number of fused-ring (bicyclic) bond motifs is 1. The molecule has 1 aliphatic heterocycles. The number of aliphatic hydroxyl groups excluding tert-OH is 1. The largest absolute Gasteiger partial charge is 1.00 e. The van der Waals surface area contributed by atoms with Crippen LogP contribution >= 0.6 is 40.2 Å². The zero-order valence-corrected chi connectivity index (χ0v) is 34.7. The zero-order chi connectivity index (χ0) is 36.2. The Bertz CT molecular complexity index is 1460. The summed E-state index contributed by atoms with van der Waals surface area (Å²) < 4.78 is 10.6. The average molecular weight is 805 g/mol. The number of carbonyl (C=O) groups excluding carboxylic acids is 2. The van der Waals surface area contributed by atoms with E-state index in [1.807, 2.05) is 31.2 Å². The molecule has 0 aromatic heterocycles. The number of carboxylic acids is 1. The van der Waals surface area contributed by atoms with E-state index >= 15 is 0 Å². The third-order valence-electron chi connectivity index (χ3n) is 10.3. The Morgan fingerprint density at radius 2 is 1.48 bits per heavy atom. The Kier molecular flexibility index (Phi) is 20.7. The van der Waals surface area contributed by atoms with Crippen molar-refractivity contribution in [3.05, 3.63) is 76.3 Å². The molecule has 1 saturated heterocycles. The molecule has 9 nitrogen and oxygen atoms in total. The molecule has 50 heavy (non-hydrogen) atoms. The molecule has 2 aliphatic carbocycles. The van der Waals surface area contributed by atoms with Gasteiger partial charge in [0.05, 0.1) is 38.2 Å². The van der Waals surface area contributed by atoms with Crippen molar-refractivity contribution in [1.82, 2.24) is 0 Å². The number of ketones is 1. The molecule has 0 radical (unpaired) electrons. The second-order valence-electron chi connectivity index (χ2n) is 12.8. The number of esters is 1. The Labute approximate surface area is 338 Å². The van der Waals surface area contributed by atoms with Crippen molar-refractivity contribution >= 4 is 57.9 Å². The summed E-state index contributed by atoms with van der Waals surface area (Å²) >= 11 is 11.8. The molecule has 0 amide bonds. The minimum atomic E-state index is -0.833. The third kappa shape index (κ3) is 10.8. The number of halogens is 3. The first-order valence-corrected chi connectivity index (χ1v) is 16.7. The van der Waals surface area contributed by atoms with E-state index in [-0.39, 0.29) is 70.8 Å². The molecule has 0 bridgehead atoms. The monoisotopic (exact) mass is 802 g/mol. The van der Waals surface area contributed by atoms with Crippen LogP contribution in [-0.2, 0) is 36.7 Å². The minimum absolute atomic E-state index is 0. The molecule has 3 aliphatic rings. The fourth-order valence-corrected chi connectivity index (χ4v) is 7.69. The molecule has 3 unspecified atom stereocenters. The first kappa shape index (κ1) is 48.0. The third-order valence-corrected chi connectivity index (χ3v) is 10.8. The van der Waals surface area contributed by atoms with E-state index in [1.165, 1.54) is 12.7 Å². The van der Waals surface area contributed by atoms with E-state index in [1.54, 1.807) is 12.1 Å². The van der Waals surface area contributed by atoms with E-state index in [9.17, 15) is 20.0 Å². The number of aliphatic carboxylic acids is 1. The smallest absolute Gasteiger partial charge is 0.512 e. The van der Waals surface area contributed by atoms with Gasteiger partial charge in [0.25, 0.3) is 5.97 Å². The van der Waals surface area contributed by atoms with Gasteiger partial charge in [-0.25, -0.2) is 0 Å². The minimum Gasteiger partial charge on any atom is -0.512 e. The Morgan fingerprint density at radius 3 is 1.86 bits per heavy atom. The maximum atomic E-state index is 13.1. The van der Waals surface area contributed by atoms with Gasteiger partial charge >= 0.3 is 35.5 Å². The topological polar surface area (TPSA) is 158 Å². The van der Waals surface area contributed by atoms with Gasteiger partial charge in [0.1, 0.15) is 5.78 Å². The van der Waals surface area contributed by atoms with Gasteiger partial charge in [-0.1, -0.05) is 61.3 Å². The zero-order valence-electron chi connectivity index (χ0n) is 29.5. The van der Waals surface area contributed by atoms with E-state index in [0.717, 1.165) is 49.8 Å². The van der Waals surface area contributed by atoms with Crippen LogP contribution in [0.5, 0.6) is 0 Å². The van der Waals surface area contributed by atoms with Gasteiger partial charge in [-0.3, -0.25) is 14.4 Å². The summed E-state index contributed by atoms with van der Waals surface area (Å²) in [6.07, 6.45) is 6.42. The Hall–Kier alpha value is -1.99. The van der Waals surface area contributed by atoms with Crippen LogP contribution in [0.25, 0.3) is 0 Å². The molecule has 2 aromatic carbocycles. The number of Topliss-reactive ketones (excluding diaryl/α,β-unsaturated/α-hetero) is 1. The molecule has 3 fully saturated rings. The Balaban J connectivity index is 0.000000810. The first-order chi connectivity index (χ1) is 22.8. The van der Waals surface area contributed by atoms with E-state index in [0.29, 0.717) is 36.6 Å². The summed E-state index contributed by atoms with van der Waals surface area (Å²) in [6.45, 7) is 10.5. The van der Waals surface area contributed by atoms with Crippen LogP contribution in [0.2, 0.25) is 10.0 Å². The molecule has 0 spiro atoms. The summed E-state index contributed by atoms with van der Waals surface area (Å²) in [5, 5.41) is 34.5. The van der Waals surface area contributed by atoms with E-state index in [2.05, 4.69) is 25.1 Å². The SMILES string of the molecule is Br.CC(=O)O.CCC1(CO)CCC(CC(=O)OC)(Cc2ccc(Cl)cc2)C1=O.CC[C@@]12CCC(Cc3ccc(Cl)cc3)[C@]1(C#N)OC2.[C-]#N.[Na+]. The number of nitriles is 1. The van der Waals surface area contributed by atoms with Gasteiger partial charge in [0.15, 0.2) is 5.60 Å². The van der Waals surface area contributed by atoms with Gasteiger partial charge in [-0.05, 0) is 86.8 Å². The summed E-state index contributed by atoms with van der Waals surface area (Å²) in [7, 11) is 1.33. The van der Waals surface area contributed by atoms with Crippen LogP contribution in [0.15, 0.2) is 48.5 Å². The number of nitrogens with zero attached hydrogens (tertiary/aromatic N) is 2. The molecular formula is C37H46BrCl2N2NaO7. The van der Waals surface area contributed by atoms with E-state index in [4.69, 9.17) is 54.4 Å². The van der Waals surface area contributed by atoms with Gasteiger partial charge in [-0.15, -0.1) is 17.0 Å². The first-order valence-electron chi connectivity index (χ1n) is 16.0. The van der Waals surface area contributed by atoms with Crippen LogP contribution in [0, 0.1) is 45.3 Å². The van der Waals surface area contributed by atoms with Crippen molar-refractivity contribution in [2.24, 2.45) is 22.2 Å². The van der Waals surface area contributed by atoms with Crippen LogP contribution < -0.4 is 29.6 Å². The van der Waals surface area contributed by atoms with Crippen LogP contribution in [0.3, 0.4) is 0 Å². The van der Waals surface area contributed by atoms with Crippen LogP contribution in [0.4, 0.5) is 0 Å². The Morgan fingerprint density at radius 1 is 0.980 bits per heavy atom. The number of rotatable bonds is 9. The summed E-state index contributed by atoms with van der Waals surface area (Å²) in [4.78, 5) is 34.0. The molecule has 5 rings (SSSR count). The van der Waals surface area contributed by atoms with Gasteiger partial charge in [-0.2, -0.15) is 5.26 Å². The van der Waals surface area contributed by atoms with Crippen LogP contribution in [0.1, 0.15) is 76.8 Å². The van der Waals surface area contributed by atoms with Crippen molar-refractivity contribution in [3.63, 3.8) is 0 Å². The number of ether oxygens (including phenoxy) is 2. The van der Waals surface area contributed by atoms with Crippen molar-refractivity contribution in [2.45, 2.75) is 84.2 Å². The van der Waals surface area contributed by atoms with Gasteiger partial charge in [0, 0.05) is 33.7 Å². The number of methoxy groups -OCH3 is 1. The second kappa shape index (κ2) is 21.5. The number of benzene rings is 2. The van der Waals surface area contributed by atoms with Crippen molar-refractivity contribution < 1.29 is 63.6 Å². The van der Waals surface area contributed by atoms with E-state index < -0.39 is 28.4 Å². The molecule has 2 N–H and O–H groups in total. The van der Waals surface area contributed by atoms with Crippen molar-refractivity contribution in [2.75, 3.05) is 20.3 Å². The summed E-state index contributed by atoms with van der Waals surface area (Å²) in [5.41, 5.74) is 0.225. The summed E-state index contributed by atoms with van der Waals surface area (Å²) in [6, 6.07) is 17.7.